The highest BCUT2D eigenvalue weighted by Gasteiger charge is 2.24. The molecule has 0 aliphatic rings. The highest BCUT2D eigenvalue weighted by Crippen LogP contribution is 2.27. The van der Waals surface area contributed by atoms with Crippen molar-refractivity contribution in [2.75, 3.05) is 5.32 Å². The Morgan fingerprint density at radius 1 is 1.05 bits per heavy atom. The molecule has 20 heavy (non-hydrogen) atoms. The van der Waals surface area contributed by atoms with E-state index in [1.54, 1.807) is 0 Å². The molecule has 0 unspecified atom stereocenters. The standard InChI is InChI=1S/C17H28N2O/c1-13(20)19-15-9-7-14(8-10-15)11-18-17(5,6)12-16(2,3)4/h7-10,18H,11-12H2,1-6H3,(H,19,20). The third kappa shape index (κ3) is 6.71. The SMILES string of the molecule is CC(=O)Nc1ccc(CNC(C)(C)CC(C)(C)C)cc1. The van der Waals surface area contributed by atoms with Crippen LogP contribution in [0.25, 0.3) is 0 Å². The summed E-state index contributed by atoms with van der Waals surface area (Å²) in [6.07, 6.45) is 1.12. The minimum atomic E-state index is -0.0396. The summed E-state index contributed by atoms with van der Waals surface area (Å²) in [6, 6.07) is 7.97. The minimum Gasteiger partial charge on any atom is -0.326 e. The molecule has 0 heterocycles. The van der Waals surface area contributed by atoms with Gasteiger partial charge in [-0.15, -0.1) is 0 Å². The van der Waals surface area contributed by atoms with Crippen molar-refractivity contribution in [2.45, 2.75) is 60.0 Å². The highest BCUT2D eigenvalue weighted by molar-refractivity contribution is 5.88. The van der Waals surface area contributed by atoms with Crippen LogP contribution in [-0.4, -0.2) is 11.4 Å². The van der Waals surface area contributed by atoms with E-state index in [9.17, 15) is 4.79 Å². The lowest BCUT2D eigenvalue weighted by molar-refractivity contribution is -0.114. The van der Waals surface area contributed by atoms with Gasteiger partial charge in [0.1, 0.15) is 0 Å². The molecule has 112 valence electrons. The van der Waals surface area contributed by atoms with Crippen LogP contribution in [0.15, 0.2) is 24.3 Å². The normalized spacial score (nSPS) is 12.3. The van der Waals surface area contributed by atoms with Gasteiger partial charge in [-0.2, -0.15) is 0 Å². The minimum absolute atomic E-state index is 0.0396. The van der Waals surface area contributed by atoms with Crippen molar-refractivity contribution in [3.63, 3.8) is 0 Å². The molecule has 1 rings (SSSR count). The average Bonchev–Trinajstić information content (AvgIpc) is 2.24. The molecule has 0 spiro atoms. The maximum atomic E-state index is 11.0. The Labute approximate surface area is 123 Å². The molecule has 1 amide bonds. The van der Waals surface area contributed by atoms with Gasteiger partial charge in [0.25, 0.3) is 0 Å². The monoisotopic (exact) mass is 276 g/mol. The molecule has 0 saturated carbocycles. The third-order valence-electron chi connectivity index (χ3n) is 3.02. The Kier molecular flexibility index (Phi) is 5.35. The van der Waals surface area contributed by atoms with Crippen LogP contribution in [0.2, 0.25) is 0 Å². The van der Waals surface area contributed by atoms with Crippen LogP contribution in [0.3, 0.4) is 0 Å². The molecule has 0 fully saturated rings. The van der Waals surface area contributed by atoms with Gasteiger partial charge in [0, 0.05) is 24.7 Å². The Balaban J connectivity index is 2.55. The van der Waals surface area contributed by atoms with Gasteiger partial charge in [-0.05, 0) is 43.4 Å². The summed E-state index contributed by atoms with van der Waals surface area (Å²) < 4.78 is 0. The zero-order valence-corrected chi connectivity index (χ0v) is 13.6. The van der Waals surface area contributed by atoms with Gasteiger partial charge in [-0.3, -0.25) is 4.79 Å². The lowest BCUT2D eigenvalue weighted by Gasteiger charge is -2.33. The Bertz CT molecular complexity index is 441. The number of anilines is 1. The van der Waals surface area contributed by atoms with Crippen LogP contribution < -0.4 is 10.6 Å². The van der Waals surface area contributed by atoms with Crippen molar-refractivity contribution < 1.29 is 4.79 Å². The number of hydrogen-bond donors (Lipinski definition) is 2. The van der Waals surface area contributed by atoms with E-state index < -0.39 is 0 Å². The molecule has 1 aromatic rings. The molecule has 2 N–H and O–H groups in total. The predicted molar refractivity (Wildman–Crippen MR) is 85.7 cm³/mol. The number of hydrogen-bond acceptors (Lipinski definition) is 2. The van der Waals surface area contributed by atoms with Gasteiger partial charge < -0.3 is 10.6 Å². The van der Waals surface area contributed by atoms with Gasteiger partial charge >= 0.3 is 0 Å². The fourth-order valence-electron chi connectivity index (χ4n) is 2.64. The van der Waals surface area contributed by atoms with E-state index in [1.165, 1.54) is 12.5 Å². The van der Waals surface area contributed by atoms with Crippen LogP contribution >= 0.6 is 0 Å². The number of benzene rings is 1. The first-order chi connectivity index (χ1) is 9.07. The van der Waals surface area contributed by atoms with Crippen molar-refractivity contribution in [1.82, 2.24) is 5.32 Å². The zero-order chi connectivity index (χ0) is 15.4. The average molecular weight is 276 g/mol. The van der Waals surface area contributed by atoms with E-state index in [-0.39, 0.29) is 11.4 Å². The molecule has 0 radical (unpaired) electrons. The van der Waals surface area contributed by atoms with Crippen LogP contribution in [0.5, 0.6) is 0 Å². The summed E-state index contributed by atoms with van der Waals surface area (Å²) in [6.45, 7) is 13.6. The van der Waals surface area contributed by atoms with Crippen molar-refractivity contribution in [2.24, 2.45) is 5.41 Å². The maximum Gasteiger partial charge on any atom is 0.221 e. The number of carbonyl (C=O) groups is 1. The second kappa shape index (κ2) is 6.40. The van der Waals surface area contributed by atoms with Gasteiger partial charge in [0.15, 0.2) is 0 Å². The van der Waals surface area contributed by atoms with E-state index in [0.29, 0.717) is 5.41 Å². The zero-order valence-electron chi connectivity index (χ0n) is 13.6. The fourth-order valence-corrected chi connectivity index (χ4v) is 2.64. The molecule has 1 aromatic carbocycles. The van der Waals surface area contributed by atoms with Gasteiger partial charge in [0.05, 0.1) is 0 Å². The van der Waals surface area contributed by atoms with Crippen molar-refractivity contribution in [3.8, 4) is 0 Å². The lowest BCUT2D eigenvalue weighted by Crippen LogP contribution is -2.41. The van der Waals surface area contributed by atoms with Crippen LogP contribution in [0, 0.1) is 5.41 Å². The fraction of sp³-hybridized carbons (Fsp3) is 0.588. The van der Waals surface area contributed by atoms with E-state index >= 15 is 0 Å². The summed E-state index contributed by atoms with van der Waals surface area (Å²) in [7, 11) is 0. The predicted octanol–water partition coefficient (Wildman–Crippen LogP) is 3.95. The van der Waals surface area contributed by atoms with Crippen LogP contribution in [0.4, 0.5) is 5.69 Å². The van der Waals surface area contributed by atoms with Gasteiger partial charge in [-0.1, -0.05) is 32.9 Å². The van der Waals surface area contributed by atoms with Crippen LogP contribution in [0.1, 0.15) is 53.5 Å². The quantitative estimate of drug-likeness (QED) is 0.855. The topological polar surface area (TPSA) is 41.1 Å². The first-order valence-electron chi connectivity index (χ1n) is 7.19. The summed E-state index contributed by atoms with van der Waals surface area (Å²) in [5.74, 6) is -0.0396. The summed E-state index contributed by atoms with van der Waals surface area (Å²) in [5.41, 5.74) is 2.48. The van der Waals surface area contributed by atoms with Crippen molar-refractivity contribution in [1.29, 1.82) is 0 Å². The number of rotatable bonds is 5. The maximum absolute atomic E-state index is 11.0. The Hall–Kier alpha value is -1.35. The second-order valence-electron chi connectivity index (χ2n) is 7.35. The smallest absolute Gasteiger partial charge is 0.221 e. The lowest BCUT2D eigenvalue weighted by atomic mass is 9.82. The Morgan fingerprint density at radius 3 is 2.05 bits per heavy atom. The molecule has 0 aliphatic heterocycles. The molecule has 0 aliphatic carbocycles. The second-order valence-corrected chi connectivity index (χ2v) is 7.35. The summed E-state index contributed by atoms with van der Waals surface area (Å²) in [4.78, 5) is 11.0. The number of carbonyl (C=O) groups excluding carboxylic acids is 1. The number of amides is 1. The highest BCUT2D eigenvalue weighted by atomic mass is 16.1. The molecular weight excluding hydrogens is 248 g/mol. The molecule has 0 atom stereocenters. The Morgan fingerprint density at radius 2 is 1.60 bits per heavy atom. The molecular formula is C17H28N2O. The van der Waals surface area contributed by atoms with Crippen LogP contribution in [-0.2, 0) is 11.3 Å². The largest absolute Gasteiger partial charge is 0.326 e. The third-order valence-corrected chi connectivity index (χ3v) is 3.02. The first-order valence-corrected chi connectivity index (χ1v) is 7.19. The van der Waals surface area contributed by atoms with Crippen molar-refractivity contribution >= 4 is 11.6 Å². The molecule has 3 nitrogen and oxygen atoms in total. The van der Waals surface area contributed by atoms with Gasteiger partial charge in [0.2, 0.25) is 5.91 Å². The van der Waals surface area contributed by atoms with Gasteiger partial charge in [-0.25, -0.2) is 0 Å². The van der Waals surface area contributed by atoms with E-state index in [4.69, 9.17) is 0 Å². The summed E-state index contributed by atoms with van der Waals surface area (Å²) >= 11 is 0. The first kappa shape index (κ1) is 16.7. The molecule has 3 heteroatoms. The number of nitrogens with one attached hydrogen (secondary N) is 2. The van der Waals surface area contributed by atoms with E-state index in [2.05, 4.69) is 45.3 Å². The summed E-state index contributed by atoms with van der Waals surface area (Å²) in [5, 5.41) is 6.38. The van der Waals surface area contributed by atoms with E-state index in [1.807, 2.05) is 24.3 Å². The van der Waals surface area contributed by atoms with E-state index in [0.717, 1.165) is 18.7 Å². The molecule has 0 aromatic heterocycles. The molecule has 0 bridgehead atoms. The van der Waals surface area contributed by atoms with Crippen molar-refractivity contribution in [3.05, 3.63) is 29.8 Å². The molecule has 0 saturated heterocycles.